The molecule has 0 saturated heterocycles. The van der Waals surface area contributed by atoms with Crippen molar-refractivity contribution in [3.8, 4) is 0 Å². The zero-order valence-electron chi connectivity index (χ0n) is 21.9. The average Bonchev–Trinajstić information content (AvgIpc) is 2.81. The normalized spacial score (nSPS) is 21.1. The summed E-state index contributed by atoms with van der Waals surface area (Å²) in [5.74, 6) is 0.244. The maximum Gasteiger partial charge on any atom is 0.307 e. The van der Waals surface area contributed by atoms with Gasteiger partial charge >= 0.3 is 11.9 Å². The lowest BCUT2D eigenvalue weighted by Crippen LogP contribution is -2.28. The van der Waals surface area contributed by atoms with Crippen molar-refractivity contribution < 1.29 is 19.4 Å². The first kappa shape index (κ1) is 29.7. The minimum atomic E-state index is -0.624. The van der Waals surface area contributed by atoms with Crippen LogP contribution in [0, 0.1) is 23.7 Å². The number of carboxylic acid groups (broad SMARTS) is 1. The molecule has 1 aliphatic carbocycles. The Labute approximate surface area is 203 Å². The van der Waals surface area contributed by atoms with Crippen LogP contribution >= 0.6 is 0 Å². The highest BCUT2D eigenvalue weighted by molar-refractivity contribution is 5.71. The summed E-state index contributed by atoms with van der Waals surface area (Å²) in [7, 11) is 0. The van der Waals surface area contributed by atoms with Gasteiger partial charge in [0.2, 0.25) is 0 Å². The molecule has 4 heteroatoms. The topological polar surface area (TPSA) is 63.6 Å². The van der Waals surface area contributed by atoms with E-state index in [0.29, 0.717) is 24.9 Å². The van der Waals surface area contributed by atoms with Crippen LogP contribution in [0.15, 0.2) is 12.2 Å². The molecular formula is C29H52O4. The van der Waals surface area contributed by atoms with E-state index in [1.807, 2.05) is 0 Å². The molecule has 4 nitrogen and oxygen atoms in total. The number of allylic oxidation sites excluding steroid dienone is 2. The zero-order chi connectivity index (χ0) is 24.3. The Bertz CT molecular complexity index is 542. The molecule has 0 radical (unpaired) electrons. The van der Waals surface area contributed by atoms with Crippen LogP contribution in [0.2, 0.25) is 0 Å². The summed E-state index contributed by atoms with van der Waals surface area (Å²) in [6.07, 6.45) is 22.8. The molecule has 0 aliphatic heterocycles. The molecule has 1 N–H and O–H groups in total. The van der Waals surface area contributed by atoms with Crippen molar-refractivity contribution in [2.24, 2.45) is 23.7 Å². The molecule has 0 amide bonds. The van der Waals surface area contributed by atoms with Gasteiger partial charge in [-0.05, 0) is 49.9 Å². The van der Waals surface area contributed by atoms with Crippen molar-refractivity contribution in [1.82, 2.24) is 0 Å². The predicted octanol–water partition coefficient (Wildman–Crippen LogP) is 8.34. The van der Waals surface area contributed by atoms with Crippen molar-refractivity contribution >= 4 is 11.9 Å². The molecular weight excluding hydrogens is 412 g/mol. The second-order valence-electron chi connectivity index (χ2n) is 10.2. The van der Waals surface area contributed by atoms with E-state index in [2.05, 4.69) is 32.9 Å². The van der Waals surface area contributed by atoms with Gasteiger partial charge in [-0.3, -0.25) is 9.59 Å². The van der Waals surface area contributed by atoms with Crippen LogP contribution in [0.1, 0.15) is 130 Å². The number of hydrogen-bond acceptors (Lipinski definition) is 3. The fourth-order valence-electron chi connectivity index (χ4n) is 5.00. The van der Waals surface area contributed by atoms with Crippen LogP contribution in [0.3, 0.4) is 0 Å². The maximum absolute atomic E-state index is 12.0. The van der Waals surface area contributed by atoms with Crippen molar-refractivity contribution in [3.63, 3.8) is 0 Å². The highest BCUT2D eigenvalue weighted by Gasteiger charge is 2.31. The highest BCUT2D eigenvalue weighted by Crippen LogP contribution is 2.34. The number of hydrogen-bond donors (Lipinski definition) is 1. The molecule has 33 heavy (non-hydrogen) atoms. The Hall–Kier alpha value is -1.32. The number of carbonyl (C=O) groups is 2. The van der Waals surface area contributed by atoms with E-state index in [1.54, 1.807) is 0 Å². The minimum Gasteiger partial charge on any atom is -0.481 e. The second-order valence-corrected chi connectivity index (χ2v) is 10.2. The summed E-state index contributed by atoms with van der Waals surface area (Å²) in [4.78, 5) is 23.8. The lowest BCUT2D eigenvalue weighted by atomic mass is 9.75. The SMILES string of the molecule is CCCCCCC1C=CC(CCCCCCCC(=O)OCC(CC)CCCC)C(C(=O)O)C1. The number of carbonyl (C=O) groups excluding carboxylic acids is 1. The molecule has 4 unspecified atom stereocenters. The van der Waals surface area contributed by atoms with Gasteiger partial charge in [-0.15, -0.1) is 0 Å². The zero-order valence-corrected chi connectivity index (χ0v) is 21.9. The lowest BCUT2D eigenvalue weighted by Gasteiger charge is -2.29. The fraction of sp³-hybridized carbons (Fsp3) is 0.862. The van der Waals surface area contributed by atoms with Gasteiger partial charge in [0, 0.05) is 6.42 Å². The molecule has 1 rings (SSSR count). The van der Waals surface area contributed by atoms with Gasteiger partial charge in [0.25, 0.3) is 0 Å². The van der Waals surface area contributed by atoms with Gasteiger partial charge in [0.15, 0.2) is 0 Å². The summed E-state index contributed by atoms with van der Waals surface area (Å²) < 4.78 is 5.48. The fourth-order valence-corrected chi connectivity index (χ4v) is 5.00. The molecule has 0 aromatic rings. The third kappa shape index (κ3) is 13.9. The van der Waals surface area contributed by atoms with Gasteiger partial charge in [0.05, 0.1) is 12.5 Å². The summed E-state index contributed by atoms with van der Waals surface area (Å²) in [5.41, 5.74) is 0. The molecule has 1 aliphatic rings. The molecule has 0 heterocycles. The van der Waals surface area contributed by atoms with Gasteiger partial charge in [-0.2, -0.15) is 0 Å². The van der Waals surface area contributed by atoms with Crippen LogP contribution in [-0.4, -0.2) is 23.7 Å². The van der Waals surface area contributed by atoms with E-state index in [0.717, 1.165) is 64.2 Å². The third-order valence-electron chi connectivity index (χ3n) is 7.39. The Kier molecular flexibility index (Phi) is 17.1. The number of esters is 1. The van der Waals surface area contributed by atoms with Gasteiger partial charge in [-0.25, -0.2) is 0 Å². The van der Waals surface area contributed by atoms with E-state index < -0.39 is 5.97 Å². The third-order valence-corrected chi connectivity index (χ3v) is 7.39. The van der Waals surface area contributed by atoms with E-state index in [9.17, 15) is 14.7 Å². The van der Waals surface area contributed by atoms with Crippen LogP contribution in [0.4, 0.5) is 0 Å². The van der Waals surface area contributed by atoms with Crippen molar-refractivity contribution in [2.45, 2.75) is 130 Å². The van der Waals surface area contributed by atoms with Crippen molar-refractivity contribution in [3.05, 3.63) is 12.2 Å². The number of rotatable bonds is 20. The summed E-state index contributed by atoms with van der Waals surface area (Å²) in [6, 6.07) is 0. The Morgan fingerprint density at radius 1 is 0.879 bits per heavy atom. The Morgan fingerprint density at radius 2 is 1.55 bits per heavy atom. The number of ether oxygens (including phenoxy) is 1. The average molecular weight is 465 g/mol. The largest absolute Gasteiger partial charge is 0.481 e. The first-order chi connectivity index (χ1) is 16.0. The molecule has 0 aromatic heterocycles. The van der Waals surface area contributed by atoms with Crippen LogP contribution < -0.4 is 0 Å². The summed E-state index contributed by atoms with van der Waals surface area (Å²) >= 11 is 0. The lowest BCUT2D eigenvalue weighted by molar-refractivity contribution is -0.145. The second kappa shape index (κ2) is 19.0. The molecule has 0 spiro atoms. The van der Waals surface area contributed by atoms with Crippen LogP contribution in [0.25, 0.3) is 0 Å². The first-order valence-corrected chi connectivity index (χ1v) is 14.1. The van der Waals surface area contributed by atoms with Crippen LogP contribution in [-0.2, 0) is 14.3 Å². The van der Waals surface area contributed by atoms with Gasteiger partial charge in [-0.1, -0.05) is 104 Å². The standard InChI is InChI=1S/C29H52O4/c1-4-7-9-13-17-25-20-21-26(27(22-25)29(31)32)18-14-11-10-12-15-19-28(30)33-23-24(6-3)16-8-5-2/h20-21,24-27H,4-19,22-23H2,1-3H3,(H,31,32). The molecule has 0 fully saturated rings. The number of unbranched alkanes of at least 4 members (excludes halogenated alkanes) is 8. The van der Waals surface area contributed by atoms with Crippen LogP contribution in [0.5, 0.6) is 0 Å². The van der Waals surface area contributed by atoms with E-state index in [4.69, 9.17) is 4.74 Å². The monoisotopic (exact) mass is 464 g/mol. The molecule has 0 saturated carbocycles. The maximum atomic E-state index is 12.0. The van der Waals surface area contributed by atoms with E-state index in [-0.39, 0.29) is 17.8 Å². The smallest absolute Gasteiger partial charge is 0.307 e. The van der Waals surface area contributed by atoms with E-state index >= 15 is 0 Å². The number of carboxylic acids is 1. The molecule has 192 valence electrons. The predicted molar refractivity (Wildman–Crippen MR) is 137 cm³/mol. The molecule has 0 aromatic carbocycles. The molecule has 4 atom stereocenters. The highest BCUT2D eigenvalue weighted by atomic mass is 16.5. The van der Waals surface area contributed by atoms with Crippen molar-refractivity contribution in [1.29, 1.82) is 0 Å². The Balaban J connectivity index is 2.16. The quantitative estimate of drug-likeness (QED) is 0.112. The van der Waals surface area contributed by atoms with Crippen molar-refractivity contribution in [2.75, 3.05) is 6.61 Å². The molecule has 0 bridgehead atoms. The minimum absolute atomic E-state index is 0.0501. The Morgan fingerprint density at radius 3 is 2.24 bits per heavy atom. The van der Waals surface area contributed by atoms with Gasteiger partial charge in [0.1, 0.15) is 0 Å². The summed E-state index contributed by atoms with van der Waals surface area (Å²) in [6.45, 7) is 7.16. The van der Waals surface area contributed by atoms with E-state index in [1.165, 1.54) is 38.5 Å². The van der Waals surface area contributed by atoms with Gasteiger partial charge < -0.3 is 9.84 Å². The number of aliphatic carboxylic acids is 1. The first-order valence-electron chi connectivity index (χ1n) is 14.1. The summed E-state index contributed by atoms with van der Waals surface area (Å²) in [5, 5.41) is 9.72.